The minimum Gasteiger partial charge on any atom is -0.339 e. The van der Waals surface area contributed by atoms with Crippen LogP contribution in [-0.2, 0) is 17.9 Å². The quantitative estimate of drug-likeness (QED) is 0.764. The Morgan fingerprint density at radius 2 is 2.31 bits per heavy atom. The fraction of sp³-hybridized carbons (Fsp3) is 0.700. The third-order valence-corrected chi connectivity index (χ3v) is 2.38. The van der Waals surface area contributed by atoms with Gasteiger partial charge in [0.25, 0.3) is 0 Å². The van der Waals surface area contributed by atoms with E-state index in [4.69, 9.17) is 5.73 Å². The van der Waals surface area contributed by atoms with Gasteiger partial charge in [-0.25, -0.2) is 4.68 Å². The zero-order chi connectivity index (χ0) is 12.1. The van der Waals surface area contributed by atoms with Crippen LogP contribution >= 0.6 is 0 Å². The monoisotopic (exact) mass is 225 g/mol. The van der Waals surface area contributed by atoms with Crippen molar-refractivity contribution in [2.24, 2.45) is 5.73 Å². The van der Waals surface area contributed by atoms with Crippen LogP contribution in [-0.4, -0.2) is 38.4 Å². The van der Waals surface area contributed by atoms with Gasteiger partial charge in [0.1, 0.15) is 6.54 Å². The first kappa shape index (κ1) is 12.6. The number of amides is 1. The molecule has 0 spiro atoms. The van der Waals surface area contributed by atoms with E-state index in [9.17, 15) is 4.79 Å². The zero-order valence-electron chi connectivity index (χ0n) is 10.1. The van der Waals surface area contributed by atoms with Crippen LogP contribution < -0.4 is 5.73 Å². The molecule has 0 unspecified atom stereocenters. The van der Waals surface area contributed by atoms with Crippen molar-refractivity contribution in [3.05, 3.63) is 11.9 Å². The molecule has 2 N–H and O–H groups in total. The summed E-state index contributed by atoms with van der Waals surface area (Å²) in [6.07, 6.45) is 1.70. The van der Waals surface area contributed by atoms with Crippen LogP contribution in [0.5, 0.6) is 0 Å². The van der Waals surface area contributed by atoms with E-state index in [2.05, 4.69) is 10.3 Å². The van der Waals surface area contributed by atoms with E-state index >= 15 is 0 Å². The molecule has 0 aliphatic heterocycles. The molecule has 1 amide bonds. The summed E-state index contributed by atoms with van der Waals surface area (Å²) in [4.78, 5) is 13.7. The van der Waals surface area contributed by atoms with Gasteiger partial charge in [-0.1, -0.05) is 5.21 Å². The highest BCUT2D eigenvalue weighted by Gasteiger charge is 2.15. The molecule has 0 bridgehead atoms. The Hall–Kier alpha value is -1.43. The molecule has 90 valence electrons. The van der Waals surface area contributed by atoms with Gasteiger partial charge in [0.05, 0.1) is 11.9 Å². The maximum absolute atomic E-state index is 11.9. The molecule has 0 fully saturated rings. The Morgan fingerprint density at radius 1 is 1.62 bits per heavy atom. The molecule has 0 aromatic carbocycles. The third-order valence-electron chi connectivity index (χ3n) is 2.38. The van der Waals surface area contributed by atoms with Crippen LogP contribution in [0.4, 0.5) is 0 Å². The molecule has 0 radical (unpaired) electrons. The average Bonchev–Trinajstić information content (AvgIpc) is 2.65. The highest BCUT2D eigenvalue weighted by Crippen LogP contribution is 2.00. The van der Waals surface area contributed by atoms with Gasteiger partial charge in [0, 0.05) is 19.1 Å². The number of hydrogen-bond donors (Lipinski definition) is 1. The predicted molar refractivity (Wildman–Crippen MR) is 60.4 cm³/mol. The Balaban J connectivity index is 2.62. The predicted octanol–water partition coefficient (Wildman–Crippen LogP) is -0.00630. The van der Waals surface area contributed by atoms with Gasteiger partial charge < -0.3 is 10.6 Å². The number of hydrogen-bond acceptors (Lipinski definition) is 4. The van der Waals surface area contributed by atoms with E-state index in [1.165, 1.54) is 4.68 Å². The standard InChI is InChI=1S/C10H19N5O/c1-4-15(8(2)3)10(16)7-14-6-9(5-11)12-13-14/h6,8H,4-5,7,11H2,1-3H3. The van der Waals surface area contributed by atoms with E-state index < -0.39 is 0 Å². The number of aromatic nitrogens is 3. The van der Waals surface area contributed by atoms with E-state index in [0.29, 0.717) is 18.8 Å². The highest BCUT2D eigenvalue weighted by molar-refractivity contribution is 5.76. The molecule has 1 aromatic rings. The smallest absolute Gasteiger partial charge is 0.244 e. The van der Waals surface area contributed by atoms with Crippen LogP contribution in [0.3, 0.4) is 0 Å². The molecule has 6 nitrogen and oxygen atoms in total. The Labute approximate surface area is 95.4 Å². The summed E-state index contributed by atoms with van der Waals surface area (Å²) < 4.78 is 1.52. The maximum atomic E-state index is 11.9. The van der Waals surface area contributed by atoms with Crippen molar-refractivity contribution in [2.45, 2.75) is 39.9 Å². The molecule has 6 heteroatoms. The van der Waals surface area contributed by atoms with Crippen LogP contribution in [0.25, 0.3) is 0 Å². The van der Waals surface area contributed by atoms with E-state index in [0.717, 1.165) is 0 Å². The lowest BCUT2D eigenvalue weighted by molar-refractivity contribution is -0.133. The molecular weight excluding hydrogens is 206 g/mol. The molecular formula is C10H19N5O. The fourth-order valence-electron chi connectivity index (χ4n) is 1.57. The van der Waals surface area contributed by atoms with Crippen molar-refractivity contribution in [1.29, 1.82) is 0 Å². The topological polar surface area (TPSA) is 77.0 Å². The lowest BCUT2D eigenvalue weighted by atomic mass is 10.3. The van der Waals surface area contributed by atoms with Crippen molar-refractivity contribution in [2.75, 3.05) is 6.54 Å². The lowest BCUT2D eigenvalue weighted by Crippen LogP contribution is -2.38. The summed E-state index contributed by atoms with van der Waals surface area (Å²) in [7, 11) is 0. The summed E-state index contributed by atoms with van der Waals surface area (Å²) in [6.45, 7) is 7.22. The van der Waals surface area contributed by atoms with Gasteiger partial charge in [-0.3, -0.25) is 4.79 Å². The minimum absolute atomic E-state index is 0.0472. The zero-order valence-corrected chi connectivity index (χ0v) is 10.1. The minimum atomic E-state index is 0.0472. The Bertz CT molecular complexity index is 347. The van der Waals surface area contributed by atoms with Gasteiger partial charge in [-0.05, 0) is 20.8 Å². The molecule has 0 saturated carbocycles. The van der Waals surface area contributed by atoms with Crippen LogP contribution in [0.2, 0.25) is 0 Å². The summed E-state index contributed by atoms with van der Waals surface area (Å²) in [5.74, 6) is 0.0472. The molecule has 0 saturated heterocycles. The van der Waals surface area contributed by atoms with Crippen LogP contribution in [0.1, 0.15) is 26.5 Å². The SMILES string of the molecule is CCN(C(=O)Cn1cc(CN)nn1)C(C)C. The molecule has 1 rings (SSSR count). The number of rotatable bonds is 5. The van der Waals surface area contributed by atoms with Crippen molar-refractivity contribution >= 4 is 5.91 Å². The van der Waals surface area contributed by atoms with Gasteiger partial charge in [0.15, 0.2) is 0 Å². The first-order chi connectivity index (χ1) is 7.58. The Kier molecular flexibility index (Phi) is 4.42. The second kappa shape index (κ2) is 5.60. The summed E-state index contributed by atoms with van der Waals surface area (Å²) in [5.41, 5.74) is 6.11. The number of carbonyl (C=O) groups is 1. The lowest BCUT2D eigenvalue weighted by Gasteiger charge is -2.24. The van der Waals surface area contributed by atoms with E-state index in [1.807, 2.05) is 20.8 Å². The van der Waals surface area contributed by atoms with Crippen molar-refractivity contribution in [3.8, 4) is 0 Å². The fourth-order valence-corrected chi connectivity index (χ4v) is 1.57. The largest absolute Gasteiger partial charge is 0.339 e. The maximum Gasteiger partial charge on any atom is 0.244 e. The van der Waals surface area contributed by atoms with E-state index in [1.54, 1.807) is 11.1 Å². The molecule has 1 aromatic heterocycles. The van der Waals surface area contributed by atoms with Crippen molar-refractivity contribution in [3.63, 3.8) is 0 Å². The molecule has 0 aliphatic carbocycles. The first-order valence-corrected chi connectivity index (χ1v) is 5.47. The van der Waals surface area contributed by atoms with Gasteiger partial charge >= 0.3 is 0 Å². The van der Waals surface area contributed by atoms with E-state index in [-0.39, 0.29) is 18.5 Å². The number of nitrogens with zero attached hydrogens (tertiary/aromatic N) is 4. The van der Waals surface area contributed by atoms with Crippen molar-refractivity contribution < 1.29 is 4.79 Å². The van der Waals surface area contributed by atoms with Gasteiger partial charge in [0.2, 0.25) is 5.91 Å². The first-order valence-electron chi connectivity index (χ1n) is 5.47. The second-order valence-corrected chi connectivity index (χ2v) is 3.89. The summed E-state index contributed by atoms with van der Waals surface area (Å²) in [5, 5.41) is 7.68. The van der Waals surface area contributed by atoms with Crippen LogP contribution in [0.15, 0.2) is 6.20 Å². The summed E-state index contributed by atoms with van der Waals surface area (Å²) >= 11 is 0. The highest BCUT2D eigenvalue weighted by atomic mass is 16.2. The van der Waals surface area contributed by atoms with Gasteiger partial charge in [-0.15, -0.1) is 5.10 Å². The Morgan fingerprint density at radius 3 is 2.75 bits per heavy atom. The third kappa shape index (κ3) is 3.03. The molecule has 16 heavy (non-hydrogen) atoms. The second-order valence-electron chi connectivity index (χ2n) is 3.89. The number of likely N-dealkylation sites (N-methyl/N-ethyl adjacent to an activating group) is 1. The number of carbonyl (C=O) groups excluding carboxylic acids is 1. The van der Waals surface area contributed by atoms with Crippen molar-refractivity contribution in [1.82, 2.24) is 19.9 Å². The molecule has 1 heterocycles. The molecule has 0 atom stereocenters. The van der Waals surface area contributed by atoms with Gasteiger partial charge in [-0.2, -0.15) is 0 Å². The average molecular weight is 225 g/mol. The normalized spacial score (nSPS) is 10.8. The molecule has 0 aliphatic rings. The number of nitrogens with two attached hydrogens (primary N) is 1. The summed E-state index contributed by atoms with van der Waals surface area (Å²) in [6, 6.07) is 0.204. The van der Waals surface area contributed by atoms with Crippen LogP contribution in [0, 0.1) is 0 Å².